The summed E-state index contributed by atoms with van der Waals surface area (Å²) in [5.74, 6) is 1.34. The van der Waals surface area contributed by atoms with Crippen molar-refractivity contribution in [1.82, 2.24) is 10.2 Å². The first-order valence-corrected chi connectivity index (χ1v) is 8.95. The van der Waals surface area contributed by atoms with Gasteiger partial charge in [0.05, 0.1) is 0 Å². The summed E-state index contributed by atoms with van der Waals surface area (Å²) >= 11 is 0. The van der Waals surface area contributed by atoms with Gasteiger partial charge >= 0.3 is 0 Å². The molecule has 2 rings (SSSR count). The Labute approximate surface area is 130 Å². The van der Waals surface area contributed by atoms with Crippen LogP contribution in [0.5, 0.6) is 0 Å². The average molecular weight is 294 g/mol. The van der Waals surface area contributed by atoms with Gasteiger partial charge in [-0.05, 0) is 77.8 Å². The molecule has 1 atom stereocenters. The smallest absolute Gasteiger partial charge is 0.225 e. The zero-order valence-electron chi connectivity index (χ0n) is 14.5. The molecule has 0 spiro atoms. The van der Waals surface area contributed by atoms with Crippen molar-refractivity contribution in [3.8, 4) is 0 Å². The SMILES string of the molecule is CC(C)C(=O)N1C(CCC2CCNCC2)CCCC1(C)C. The van der Waals surface area contributed by atoms with Gasteiger partial charge in [-0.25, -0.2) is 0 Å². The highest BCUT2D eigenvalue weighted by molar-refractivity contribution is 5.79. The van der Waals surface area contributed by atoms with E-state index in [0.717, 1.165) is 12.3 Å². The molecule has 0 aromatic carbocycles. The van der Waals surface area contributed by atoms with Gasteiger partial charge in [-0.15, -0.1) is 0 Å². The summed E-state index contributed by atoms with van der Waals surface area (Å²) in [5.41, 5.74) is 0.0401. The maximum Gasteiger partial charge on any atom is 0.225 e. The Bertz CT molecular complexity index is 345. The first-order valence-electron chi connectivity index (χ1n) is 8.95. The molecule has 0 aromatic rings. The fraction of sp³-hybridized carbons (Fsp3) is 0.944. The third kappa shape index (κ3) is 4.21. The summed E-state index contributed by atoms with van der Waals surface area (Å²) in [5, 5.41) is 3.44. The van der Waals surface area contributed by atoms with Crippen molar-refractivity contribution in [2.45, 2.75) is 84.2 Å². The van der Waals surface area contributed by atoms with Gasteiger partial charge in [-0.3, -0.25) is 4.79 Å². The third-order valence-electron chi connectivity index (χ3n) is 5.44. The van der Waals surface area contributed by atoms with Crippen LogP contribution < -0.4 is 5.32 Å². The molecule has 1 N–H and O–H groups in total. The number of likely N-dealkylation sites (tertiary alicyclic amines) is 1. The van der Waals surface area contributed by atoms with Crippen molar-refractivity contribution in [3.05, 3.63) is 0 Å². The second-order valence-electron chi connectivity index (χ2n) is 7.99. The molecule has 1 amide bonds. The summed E-state index contributed by atoms with van der Waals surface area (Å²) in [6.07, 6.45) is 8.74. The molecule has 2 aliphatic heterocycles. The van der Waals surface area contributed by atoms with E-state index in [9.17, 15) is 4.79 Å². The van der Waals surface area contributed by atoms with E-state index in [1.807, 2.05) is 13.8 Å². The number of rotatable bonds is 4. The summed E-state index contributed by atoms with van der Waals surface area (Å²) in [7, 11) is 0. The predicted molar refractivity (Wildman–Crippen MR) is 88.2 cm³/mol. The molecule has 3 heteroatoms. The Hall–Kier alpha value is -0.570. The highest BCUT2D eigenvalue weighted by Crippen LogP contribution is 2.35. The average Bonchev–Trinajstić information content (AvgIpc) is 2.44. The topological polar surface area (TPSA) is 32.3 Å². The second-order valence-corrected chi connectivity index (χ2v) is 7.99. The van der Waals surface area contributed by atoms with Crippen LogP contribution in [0.15, 0.2) is 0 Å². The van der Waals surface area contributed by atoms with Crippen LogP contribution in [0.4, 0.5) is 0 Å². The predicted octanol–water partition coefficient (Wildman–Crippen LogP) is 3.58. The number of nitrogens with zero attached hydrogens (tertiary/aromatic N) is 1. The zero-order valence-corrected chi connectivity index (χ0v) is 14.5. The summed E-state index contributed by atoms with van der Waals surface area (Å²) in [4.78, 5) is 14.9. The molecule has 2 heterocycles. The van der Waals surface area contributed by atoms with Crippen LogP contribution in [0.1, 0.15) is 72.6 Å². The maximum absolute atomic E-state index is 12.7. The van der Waals surface area contributed by atoms with E-state index in [2.05, 4.69) is 24.1 Å². The van der Waals surface area contributed by atoms with E-state index in [0.29, 0.717) is 11.9 Å². The Balaban J connectivity index is 1.98. The van der Waals surface area contributed by atoms with Gasteiger partial charge in [0.25, 0.3) is 0 Å². The van der Waals surface area contributed by atoms with Crippen LogP contribution in [0.2, 0.25) is 0 Å². The molecular weight excluding hydrogens is 260 g/mol. The van der Waals surface area contributed by atoms with Crippen molar-refractivity contribution < 1.29 is 4.79 Å². The molecular formula is C18H34N2O. The molecule has 0 bridgehead atoms. The summed E-state index contributed by atoms with van der Waals surface area (Å²) < 4.78 is 0. The minimum absolute atomic E-state index is 0.0401. The Morgan fingerprint density at radius 3 is 2.48 bits per heavy atom. The van der Waals surface area contributed by atoms with Gasteiger partial charge < -0.3 is 10.2 Å². The number of carbonyl (C=O) groups is 1. The first-order chi connectivity index (χ1) is 9.92. The monoisotopic (exact) mass is 294 g/mol. The number of hydrogen-bond acceptors (Lipinski definition) is 2. The van der Waals surface area contributed by atoms with Crippen molar-refractivity contribution in [2.75, 3.05) is 13.1 Å². The van der Waals surface area contributed by atoms with E-state index >= 15 is 0 Å². The second kappa shape index (κ2) is 7.13. The van der Waals surface area contributed by atoms with Crippen LogP contribution in [-0.4, -0.2) is 35.5 Å². The van der Waals surface area contributed by atoms with Crippen LogP contribution >= 0.6 is 0 Å². The van der Waals surface area contributed by atoms with Gasteiger partial charge in [0.1, 0.15) is 0 Å². The highest BCUT2D eigenvalue weighted by Gasteiger charge is 2.40. The van der Waals surface area contributed by atoms with E-state index in [-0.39, 0.29) is 11.5 Å². The number of amides is 1. The molecule has 0 radical (unpaired) electrons. The third-order valence-corrected chi connectivity index (χ3v) is 5.44. The van der Waals surface area contributed by atoms with Gasteiger partial charge in [0, 0.05) is 17.5 Å². The lowest BCUT2D eigenvalue weighted by atomic mass is 9.82. The lowest BCUT2D eigenvalue weighted by Gasteiger charge is -2.49. The Morgan fingerprint density at radius 1 is 1.19 bits per heavy atom. The van der Waals surface area contributed by atoms with Crippen LogP contribution in [0, 0.1) is 11.8 Å². The molecule has 2 saturated heterocycles. The number of carbonyl (C=O) groups excluding carboxylic acids is 1. The van der Waals surface area contributed by atoms with Crippen LogP contribution in [0.3, 0.4) is 0 Å². The summed E-state index contributed by atoms with van der Waals surface area (Å²) in [6, 6.07) is 0.471. The van der Waals surface area contributed by atoms with E-state index in [1.54, 1.807) is 0 Å². The summed E-state index contributed by atoms with van der Waals surface area (Å²) in [6.45, 7) is 10.9. The van der Waals surface area contributed by atoms with Crippen LogP contribution in [0.25, 0.3) is 0 Å². The van der Waals surface area contributed by atoms with E-state index < -0.39 is 0 Å². The minimum atomic E-state index is 0.0401. The van der Waals surface area contributed by atoms with Crippen LogP contribution in [-0.2, 0) is 4.79 Å². The molecule has 0 aliphatic carbocycles. The molecule has 2 aliphatic rings. The molecule has 122 valence electrons. The molecule has 3 nitrogen and oxygen atoms in total. The van der Waals surface area contributed by atoms with Crippen molar-refractivity contribution in [1.29, 1.82) is 0 Å². The Kier molecular flexibility index (Phi) is 5.70. The molecule has 0 saturated carbocycles. The van der Waals surface area contributed by atoms with Gasteiger partial charge in [-0.1, -0.05) is 13.8 Å². The van der Waals surface area contributed by atoms with Crippen molar-refractivity contribution >= 4 is 5.91 Å². The van der Waals surface area contributed by atoms with Gasteiger partial charge in [0.2, 0.25) is 5.91 Å². The van der Waals surface area contributed by atoms with Gasteiger partial charge in [0.15, 0.2) is 0 Å². The standard InChI is InChI=1S/C18H34N2O/c1-14(2)17(21)20-16(6-5-11-18(20,3)4)8-7-15-9-12-19-13-10-15/h14-16,19H,5-13H2,1-4H3. The number of hydrogen-bond donors (Lipinski definition) is 1. The molecule has 1 unspecified atom stereocenters. The minimum Gasteiger partial charge on any atom is -0.334 e. The first kappa shape index (κ1) is 16.8. The molecule has 2 fully saturated rings. The lowest BCUT2D eigenvalue weighted by molar-refractivity contribution is -0.146. The van der Waals surface area contributed by atoms with E-state index in [1.165, 1.54) is 51.6 Å². The largest absolute Gasteiger partial charge is 0.334 e. The maximum atomic E-state index is 12.7. The normalized spacial score (nSPS) is 27.1. The number of piperidine rings is 2. The highest BCUT2D eigenvalue weighted by atomic mass is 16.2. The molecule has 21 heavy (non-hydrogen) atoms. The van der Waals surface area contributed by atoms with Gasteiger partial charge in [-0.2, -0.15) is 0 Å². The fourth-order valence-electron chi connectivity index (χ4n) is 4.14. The van der Waals surface area contributed by atoms with E-state index in [4.69, 9.17) is 0 Å². The fourth-order valence-corrected chi connectivity index (χ4v) is 4.14. The lowest BCUT2D eigenvalue weighted by Crippen LogP contribution is -2.57. The quantitative estimate of drug-likeness (QED) is 0.859. The zero-order chi connectivity index (χ0) is 15.5. The van der Waals surface area contributed by atoms with Crippen molar-refractivity contribution in [2.24, 2.45) is 11.8 Å². The Morgan fingerprint density at radius 2 is 1.86 bits per heavy atom. The molecule has 0 aromatic heterocycles. The van der Waals surface area contributed by atoms with Crippen molar-refractivity contribution in [3.63, 3.8) is 0 Å². The number of nitrogens with one attached hydrogen (secondary N) is 1.